The predicted octanol–water partition coefficient (Wildman–Crippen LogP) is 4.22. The smallest absolute Gasteiger partial charge is 0.416 e. The number of sulfonamides is 1. The first-order valence-corrected chi connectivity index (χ1v) is 8.41. The highest BCUT2D eigenvalue weighted by molar-refractivity contribution is 7.93. The molecule has 5 nitrogen and oxygen atoms in total. The molecule has 0 spiro atoms. The molecule has 0 amide bonds. The number of hydrogen-bond donors (Lipinski definition) is 0. The van der Waals surface area contributed by atoms with Crippen molar-refractivity contribution in [1.82, 2.24) is 4.98 Å². The molecule has 0 bridgehead atoms. The summed E-state index contributed by atoms with van der Waals surface area (Å²) >= 11 is 0. The lowest BCUT2D eigenvalue weighted by molar-refractivity contribution is -0.137. The molecule has 0 aliphatic rings. The average molecular weight is 368 g/mol. The summed E-state index contributed by atoms with van der Waals surface area (Å²) in [6, 6.07) is 10.9. The second-order valence-electron chi connectivity index (χ2n) is 4.94. The van der Waals surface area contributed by atoms with Crippen molar-refractivity contribution < 1.29 is 26.0 Å². The number of hydrogen-bond acceptors (Lipinski definition) is 4. The molecule has 1 heterocycles. The van der Waals surface area contributed by atoms with Crippen LogP contribution in [0.3, 0.4) is 0 Å². The van der Waals surface area contributed by atoms with Crippen molar-refractivity contribution in [3.63, 3.8) is 0 Å². The van der Waals surface area contributed by atoms with Gasteiger partial charge in [-0.1, -0.05) is 18.2 Å². The molecule has 0 radical (unpaired) electrons. The van der Waals surface area contributed by atoms with Gasteiger partial charge < -0.3 is 4.42 Å². The summed E-state index contributed by atoms with van der Waals surface area (Å²) in [5.74, 6) is 0. The van der Waals surface area contributed by atoms with Crippen LogP contribution in [-0.2, 0) is 16.2 Å². The van der Waals surface area contributed by atoms with Crippen LogP contribution in [0.1, 0.15) is 5.56 Å². The number of nitrogens with zero attached hydrogens (tertiary/aromatic N) is 2. The Labute approximate surface area is 141 Å². The fraction of sp³-hybridized carbons (Fsp3) is 0.0625. The highest BCUT2D eigenvalue weighted by atomic mass is 32.2. The Morgan fingerprint density at radius 1 is 0.960 bits per heavy atom. The number of halogens is 3. The van der Waals surface area contributed by atoms with Crippen LogP contribution in [0.25, 0.3) is 0 Å². The van der Waals surface area contributed by atoms with Crippen LogP contribution in [-0.4, -0.2) is 13.4 Å². The summed E-state index contributed by atoms with van der Waals surface area (Å²) in [7, 11) is -4.13. The van der Waals surface area contributed by atoms with Gasteiger partial charge in [0.25, 0.3) is 10.0 Å². The normalized spacial score (nSPS) is 12.1. The van der Waals surface area contributed by atoms with E-state index in [2.05, 4.69) is 4.98 Å². The summed E-state index contributed by atoms with van der Waals surface area (Å²) in [6.07, 6.45) is -2.11. The van der Waals surface area contributed by atoms with Crippen molar-refractivity contribution in [1.29, 1.82) is 0 Å². The van der Waals surface area contributed by atoms with Crippen molar-refractivity contribution in [2.45, 2.75) is 11.1 Å². The largest absolute Gasteiger partial charge is 0.431 e. The Kier molecular flexibility index (Phi) is 4.25. The van der Waals surface area contributed by atoms with Gasteiger partial charge in [-0.25, -0.2) is 13.4 Å². The van der Waals surface area contributed by atoms with Gasteiger partial charge in [0.2, 0.25) is 0 Å². The number of alkyl halides is 3. The quantitative estimate of drug-likeness (QED) is 0.692. The first-order valence-electron chi connectivity index (χ1n) is 6.97. The van der Waals surface area contributed by atoms with E-state index >= 15 is 0 Å². The van der Waals surface area contributed by atoms with Crippen molar-refractivity contribution in [2.24, 2.45) is 0 Å². The van der Waals surface area contributed by atoms with E-state index in [1.165, 1.54) is 36.7 Å². The lowest BCUT2D eigenvalue weighted by Crippen LogP contribution is -2.26. The molecular weight excluding hydrogens is 357 g/mol. The maximum Gasteiger partial charge on any atom is 0.416 e. The van der Waals surface area contributed by atoms with Crippen LogP contribution in [0, 0.1) is 0 Å². The van der Waals surface area contributed by atoms with Crippen molar-refractivity contribution in [3.05, 3.63) is 72.6 Å². The molecule has 0 aliphatic carbocycles. The van der Waals surface area contributed by atoms with E-state index < -0.39 is 21.8 Å². The first-order chi connectivity index (χ1) is 11.8. The van der Waals surface area contributed by atoms with Gasteiger partial charge in [-0.05, 0) is 36.4 Å². The summed E-state index contributed by atoms with van der Waals surface area (Å²) < 4.78 is 69.8. The lowest BCUT2D eigenvalue weighted by Gasteiger charge is -2.21. The number of rotatable bonds is 4. The number of anilines is 2. The van der Waals surface area contributed by atoms with Gasteiger partial charge in [-0.2, -0.15) is 17.5 Å². The summed E-state index contributed by atoms with van der Waals surface area (Å²) in [6.45, 7) is 0. The lowest BCUT2D eigenvalue weighted by atomic mass is 10.2. The SMILES string of the molecule is O=S(=O)(c1ccccc1)N(c1ccc(C(F)(F)F)cc1)c1ncco1. The zero-order valence-electron chi connectivity index (χ0n) is 12.5. The van der Waals surface area contributed by atoms with Crippen molar-refractivity contribution in [3.8, 4) is 0 Å². The van der Waals surface area contributed by atoms with Crippen LogP contribution >= 0.6 is 0 Å². The molecule has 3 aromatic rings. The molecule has 0 aliphatic heterocycles. The molecular formula is C16H11F3N2O3S. The molecule has 1 aromatic heterocycles. The third kappa shape index (κ3) is 3.36. The van der Waals surface area contributed by atoms with Gasteiger partial charge in [0.1, 0.15) is 6.26 Å². The second kappa shape index (κ2) is 6.25. The summed E-state index contributed by atoms with van der Waals surface area (Å²) in [4.78, 5) is 3.77. The molecule has 2 aromatic carbocycles. The zero-order valence-corrected chi connectivity index (χ0v) is 13.3. The maximum atomic E-state index is 12.9. The average Bonchev–Trinajstić information content (AvgIpc) is 3.09. The molecule has 0 fully saturated rings. The monoisotopic (exact) mass is 368 g/mol. The third-order valence-electron chi connectivity index (χ3n) is 3.30. The van der Waals surface area contributed by atoms with E-state index in [0.717, 1.165) is 28.6 Å². The van der Waals surface area contributed by atoms with Gasteiger partial charge in [0, 0.05) is 0 Å². The number of aromatic nitrogens is 1. The van der Waals surface area contributed by atoms with Gasteiger partial charge in [0.15, 0.2) is 0 Å². The fourth-order valence-corrected chi connectivity index (χ4v) is 3.56. The zero-order chi connectivity index (χ0) is 18.1. The van der Waals surface area contributed by atoms with Crippen LogP contribution in [0.4, 0.5) is 24.9 Å². The minimum Gasteiger partial charge on any atom is -0.431 e. The molecule has 0 atom stereocenters. The van der Waals surface area contributed by atoms with E-state index in [4.69, 9.17) is 4.42 Å². The molecule has 0 saturated carbocycles. The van der Waals surface area contributed by atoms with Gasteiger partial charge in [-0.3, -0.25) is 0 Å². The Morgan fingerprint density at radius 3 is 2.12 bits per heavy atom. The van der Waals surface area contributed by atoms with E-state index in [9.17, 15) is 21.6 Å². The maximum absolute atomic E-state index is 12.9. The van der Waals surface area contributed by atoms with Crippen molar-refractivity contribution >= 4 is 21.7 Å². The Balaban J connectivity index is 2.11. The van der Waals surface area contributed by atoms with Crippen LogP contribution < -0.4 is 4.31 Å². The number of benzene rings is 2. The minimum atomic E-state index is -4.52. The molecule has 3 rings (SSSR count). The molecule has 0 unspecified atom stereocenters. The number of oxazole rings is 1. The van der Waals surface area contributed by atoms with Crippen molar-refractivity contribution in [2.75, 3.05) is 4.31 Å². The van der Waals surface area contributed by atoms with Gasteiger partial charge in [-0.15, -0.1) is 0 Å². The highest BCUT2D eigenvalue weighted by Gasteiger charge is 2.33. The third-order valence-corrected chi connectivity index (χ3v) is 5.02. The Bertz CT molecular complexity index is 939. The van der Waals surface area contributed by atoms with E-state index in [0.29, 0.717) is 0 Å². The first kappa shape index (κ1) is 17.0. The van der Waals surface area contributed by atoms with Crippen LogP contribution in [0.15, 0.2) is 76.4 Å². The minimum absolute atomic E-state index is 0.0284. The second-order valence-corrected chi connectivity index (χ2v) is 6.73. The topological polar surface area (TPSA) is 63.4 Å². The van der Waals surface area contributed by atoms with Gasteiger partial charge >= 0.3 is 12.2 Å². The molecule has 0 N–H and O–H groups in total. The molecule has 130 valence electrons. The van der Waals surface area contributed by atoms with E-state index in [-0.39, 0.29) is 16.6 Å². The molecule has 9 heteroatoms. The summed E-state index contributed by atoms with van der Waals surface area (Å²) in [5.41, 5.74) is -0.917. The van der Waals surface area contributed by atoms with E-state index in [1.807, 2.05) is 0 Å². The predicted molar refractivity (Wildman–Crippen MR) is 83.7 cm³/mol. The standard InChI is InChI=1S/C16H11F3N2O3S/c17-16(18,19)12-6-8-13(9-7-12)21(15-20-10-11-24-15)25(22,23)14-4-2-1-3-5-14/h1-11H. The fourth-order valence-electron chi connectivity index (χ4n) is 2.15. The van der Waals surface area contributed by atoms with Crippen LogP contribution in [0.2, 0.25) is 0 Å². The molecule has 0 saturated heterocycles. The van der Waals surface area contributed by atoms with Gasteiger partial charge in [0.05, 0.1) is 22.3 Å². The Morgan fingerprint density at radius 2 is 1.60 bits per heavy atom. The molecule has 25 heavy (non-hydrogen) atoms. The van der Waals surface area contributed by atoms with Crippen LogP contribution in [0.5, 0.6) is 0 Å². The summed E-state index contributed by atoms with van der Waals surface area (Å²) in [5, 5.41) is 0. The highest BCUT2D eigenvalue weighted by Crippen LogP contribution is 2.34. The Hall–Kier alpha value is -2.81. The van der Waals surface area contributed by atoms with E-state index in [1.54, 1.807) is 6.07 Å².